The van der Waals surface area contributed by atoms with Gasteiger partial charge >= 0.3 is 6.03 Å². The average molecular weight is 293 g/mol. The first-order valence-electron chi connectivity index (χ1n) is 7.59. The zero-order valence-electron chi connectivity index (χ0n) is 12.7. The van der Waals surface area contributed by atoms with Crippen molar-refractivity contribution in [1.82, 2.24) is 10.2 Å². The number of likely N-dealkylation sites (tertiary alicyclic amines) is 1. The summed E-state index contributed by atoms with van der Waals surface area (Å²) in [5.41, 5.74) is 0.211. The Morgan fingerprint density at radius 3 is 2.90 bits per heavy atom. The predicted molar refractivity (Wildman–Crippen MR) is 82.9 cm³/mol. The number of hydrogen-bond donors (Lipinski definition) is 2. The Morgan fingerprint density at radius 2 is 2.19 bits per heavy atom. The van der Waals surface area contributed by atoms with Crippen molar-refractivity contribution in [2.45, 2.75) is 32.7 Å². The second-order valence-electron chi connectivity index (χ2n) is 5.91. The summed E-state index contributed by atoms with van der Waals surface area (Å²) in [5, 5.41) is 5.39. The average Bonchev–Trinajstić information content (AvgIpc) is 2.48. The van der Waals surface area contributed by atoms with Crippen molar-refractivity contribution in [3.63, 3.8) is 0 Å². The highest BCUT2D eigenvalue weighted by Gasteiger charge is 2.21. The van der Waals surface area contributed by atoms with Crippen molar-refractivity contribution in [3.05, 3.63) is 30.1 Å². The van der Waals surface area contributed by atoms with Crippen LogP contribution in [0.2, 0.25) is 0 Å². The number of benzene rings is 1. The summed E-state index contributed by atoms with van der Waals surface area (Å²) >= 11 is 0. The van der Waals surface area contributed by atoms with Gasteiger partial charge in [-0.25, -0.2) is 9.18 Å². The molecule has 4 nitrogen and oxygen atoms in total. The van der Waals surface area contributed by atoms with Gasteiger partial charge in [0.05, 0.1) is 5.69 Å². The summed E-state index contributed by atoms with van der Waals surface area (Å²) < 4.78 is 13.4. The molecule has 2 rings (SSSR count). The van der Waals surface area contributed by atoms with Gasteiger partial charge in [-0.2, -0.15) is 0 Å². The fourth-order valence-corrected chi connectivity index (χ4v) is 2.70. The van der Waals surface area contributed by atoms with Crippen LogP contribution in [-0.2, 0) is 0 Å². The number of amides is 2. The first-order valence-corrected chi connectivity index (χ1v) is 7.59. The van der Waals surface area contributed by atoms with Crippen molar-refractivity contribution < 1.29 is 9.18 Å². The van der Waals surface area contributed by atoms with E-state index in [1.54, 1.807) is 18.2 Å². The third-order valence-electron chi connectivity index (χ3n) is 3.95. The van der Waals surface area contributed by atoms with Gasteiger partial charge in [0.15, 0.2) is 0 Å². The van der Waals surface area contributed by atoms with Crippen molar-refractivity contribution in [1.29, 1.82) is 0 Å². The summed E-state index contributed by atoms with van der Waals surface area (Å²) in [6.07, 6.45) is 2.29. The van der Waals surface area contributed by atoms with Gasteiger partial charge in [-0.1, -0.05) is 12.1 Å². The summed E-state index contributed by atoms with van der Waals surface area (Å²) in [4.78, 5) is 14.3. The number of nitrogens with one attached hydrogen (secondary N) is 2. The van der Waals surface area contributed by atoms with E-state index in [0.29, 0.717) is 18.5 Å². The van der Waals surface area contributed by atoms with Gasteiger partial charge in [0.1, 0.15) is 5.82 Å². The van der Waals surface area contributed by atoms with Gasteiger partial charge in [-0.05, 0) is 51.3 Å². The molecule has 1 saturated heterocycles. The molecule has 1 aliphatic rings. The van der Waals surface area contributed by atoms with Crippen LogP contribution in [0.3, 0.4) is 0 Å². The third-order valence-corrected chi connectivity index (χ3v) is 3.95. The molecule has 0 saturated carbocycles. The Labute approximate surface area is 125 Å². The lowest BCUT2D eigenvalue weighted by atomic mass is 9.97. The highest BCUT2D eigenvalue weighted by molar-refractivity contribution is 5.89. The second kappa shape index (κ2) is 7.41. The number of carbonyl (C=O) groups is 1. The minimum Gasteiger partial charge on any atom is -0.338 e. The Kier molecular flexibility index (Phi) is 5.56. The maximum absolute atomic E-state index is 13.4. The van der Waals surface area contributed by atoms with E-state index in [9.17, 15) is 9.18 Å². The molecule has 1 heterocycles. The van der Waals surface area contributed by atoms with Crippen molar-refractivity contribution in [3.8, 4) is 0 Å². The number of urea groups is 1. The number of halogens is 1. The molecule has 1 fully saturated rings. The van der Waals surface area contributed by atoms with Gasteiger partial charge < -0.3 is 15.5 Å². The Balaban J connectivity index is 1.77. The summed E-state index contributed by atoms with van der Waals surface area (Å²) in [5.74, 6) is 0.0452. The molecule has 1 atom stereocenters. The standard InChI is InChI=1S/C16H24FN3O/c1-12(2)20-9-5-6-13(11-20)10-18-16(21)19-15-8-4-3-7-14(15)17/h3-4,7-8,12-13H,5-6,9-11H2,1-2H3,(H2,18,19,21). The normalized spacial score (nSPS) is 19.5. The van der Waals surface area contributed by atoms with E-state index >= 15 is 0 Å². The molecule has 21 heavy (non-hydrogen) atoms. The molecular weight excluding hydrogens is 269 g/mol. The van der Waals surface area contributed by atoms with E-state index in [0.717, 1.165) is 19.5 Å². The maximum Gasteiger partial charge on any atom is 0.319 e. The van der Waals surface area contributed by atoms with E-state index in [2.05, 4.69) is 29.4 Å². The van der Waals surface area contributed by atoms with Gasteiger partial charge in [-0.15, -0.1) is 0 Å². The molecule has 1 unspecified atom stereocenters. The smallest absolute Gasteiger partial charge is 0.319 e. The van der Waals surface area contributed by atoms with Crippen molar-refractivity contribution >= 4 is 11.7 Å². The van der Waals surface area contributed by atoms with Gasteiger partial charge in [0.25, 0.3) is 0 Å². The molecule has 0 bridgehead atoms. The fourth-order valence-electron chi connectivity index (χ4n) is 2.70. The number of hydrogen-bond acceptors (Lipinski definition) is 2. The van der Waals surface area contributed by atoms with Gasteiger partial charge in [0.2, 0.25) is 0 Å². The van der Waals surface area contributed by atoms with Crippen LogP contribution in [0.25, 0.3) is 0 Å². The van der Waals surface area contributed by atoms with Gasteiger partial charge in [-0.3, -0.25) is 0 Å². The molecule has 2 N–H and O–H groups in total. The maximum atomic E-state index is 13.4. The number of anilines is 1. The minimum atomic E-state index is -0.420. The molecular formula is C16H24FN3O. The molecule has 0 aliphatic carbocycles. The predicted octanol–water partition coefficient (Wildman–Crippen LogP) is 3.07. The van der Waals surface area contributed by atoms with Crippen LogP contribution in [0.15, 0.2) is 24.3 Å². The molecule has 116 valence electrons. The van der Waals surface area contributed by atoms with Crippen molar-refractivity contribution in [2.75, 3.05) is 25.0 Å². The Hall–Kier alpha value is -1.62. The van der Waals surface area contributed by atoms with E-state index in [-0.39, 0.29) is 11.7 Å². The number of carbonyl (C=O) groups excluding carboxylic acids is 1. The number of rotatable bonds is 4. The quantitative estimate of drug-likeness (QED) is 0.896. The lowest BCUT2D eigenvalue weighted by Crippen LogP contribution is -2.44. The summed E-state index contributed by atoms with van der Waals surface area (Å²) in [7, 11) is 0. The molecule has 5 heteroatoms. The SMILES string of the molecule is CC(C)N1CCCC(CNC(=O)Nc2ccccc2F)C1. The van der Waals surface area contributed by atoms with Crippen LogP contribution in [0, 0.1) is 11.7 Å². The van der Waals surface area contributed by atoms with Crippen LogP contribution in [0.5, 0.6) is 0 Å². The van der Waals surface area contributed by atoms with E-state index in [1.807, 2.05) is 0 Å². The van der Waals surface area contributed by atoms with Gasteiger partial charge in [0, 0.05) is 19.1 Å². The fraction of sp³-hybridized carbons (Fsp3) is 0.562. The molecule has 2 amide bonds. The number of para-hydroxylation sites is 1. The lowest BCUT2D eigenvalue weighted by Gasteiger charge is -2.35. The summed E-state index contributed by atoms with van der Waals surface area (Å²) in [6.45, 7) is 7.16. The monoisotopic (exact) mass is 293 g/mol. The Morgan fingerprint density at radius 1 is 1.43 bits per heavy atom. The number of piperidine rings is 1. The molecule has 1 aromatic rings. The molecule has 0 aromatic heterocycles. The molecule has 1 aromatic carbocycles. The zero-order valence-corrected chi connectivity index (χ0v) is 12.7. The minimum absolute atomic E-state index is 0.211. The van der Waals surface area contributed by atoms with Crippen LogP contribution in [-0.4, -0.2) is 36.6 Å². The molecule has 1 aliphatic heterocycles. The molecule has 0 radical (unpaired) electrons. The largest absolute Gasteiger partial charge is 0.338 e. The highest BCUT2D eigenvalue weighted by atomic mass is 19.1. The molecule has 0 spiro atoms. The van der Waals surface area contributed by atoms with E-state index < -0.39 is 5.82 Å². The van der Waals surface area contributed by atoms with Crippen LogP contribution >= 0.6 is 0 Å². The zero-order chi connectivity index (χ0) is 15.2. The van der Waals surface area contributed by atoms with E-state index in [4.69, 9.17) is 0 Å². The Bertz CT molecular complexity index is 478. The lowest BCUT2D eigenvalue weighted by molar-refractivity contribution is 0.139. The van der Waals surface area contributed by atoms with Crippen LogP contribution < -0.4 is 10.6 Å². The third kappa shape index (κ3) is 4.70. The second-order valence-corrected chi connectivity index (χ2v) is 5.91. The van der Waals surface area contributed by atoms with Crippen LogP contribution in [0.1, 0.15) is 26.7 Å². The van der Waals surface area contributed by atoms with Crippen molar-refractivity contribution in [2.24, 2.45) is 5.92 Å². The topological polar surface area (TPSA) is 44.4 Å². The van der Waals surface area contributed by atoms with Crippen LogP contribution in [0.4, 0.5) is 14.9 Å². The first kappa shape index (κ1) is 15.8. The number of nitrogens with zero attached hydrogens (tertiary/aromatic N) is 1. The highest BCUT2D eigenvalue weighted by Crippen LogP contribution is 2.18. The first-order chi connectivity index (χ1) is 10.1. The van der Waals surface area contributed by atoms with E-state index in [1.165, 1.54) is 12.5 Å². The summed E-state index contributed by atoms with van der Waals surface area (Å²) in [6, 6.07) is 6.37.